The Morgan fingerprint density at radius 3 is 2.50 bits per heavy atom. The van der Waals surface area contributed by atoms with Crippen LogP contribution in [0.5, 0.6) is 0 Å². The first-order chi connectivity index (χ1) is 13.1. The molecule has 1 aromatic carbocycles. The van der Waals surface area contributed by atoms with Gasteiger partial charge in [-0.2, -0.15) is 16.1 Å². The van der Waals surface area contributed by atoms with Crippen molar-refractivity contribution < 1.29 is 13.2 Å². The largest absolute Gasteiger partial charge is 0.356 e. The van der Waals surface area contributed by atoms with Crippen LogP contribution in [-0.2, 0) is 15.6 Å². The molecule has 1 aromatic heterocycles. The van der Waals surface area contributed by atoms with Crippen LogP contribution >= 0.6 is 35.0 Å². The Labute approximate surface area is 179 Å². The molecular weight excluding hydrogens is 441 g/mol. The summed E-state index contributed by atoms with van der Waals surface area (Å²) in [6.07, 6.45) is 1.36. The lowest BCUT2D eigenvalue weighted by Gasteiger charge is -2.27. The molecule has 2 heterocycles. The Hall–Kier alpha value is -1.19. The van der Waals surface area contributed by atoms with Crippen LogP contribution < -0.4 is 5.32 Å². The molecular formula is C18H21Cl2N3O3S2. The van der Waals surface area contributed by atoms with Crippen LogP contribution in [0.15, 0.2) is 35.4 Å². The highest BCUT2D eigenvalue weighted by Crippen LogP contribution is 2.29. The fraction of sp³-hybridized carbons (Fsp3) is 0.389. The lowest BCUT2D eigenvalue weighted by atomic mass is 9.94. The molecule has 1 aliphatic rings. The highest BCUT2D eigenvalue weighted by Gasteiger charge is 2.29. The van der Waals surface area contributed by atoms with Gasteiger partial charge in [0.1, 0.15) is 10.6 Å². The summed E-state index contributed by atoms with van der Waals surface area (Å²) < 4.78 is 26.9. The molecule has 3 rings (SSSR count). The first-order valence-electron chi connectivity index (χ1n) is 8.65. The molecule has 2 aromatic rings. The molecule has 0 bridgehead atoms. The van der Waals surface area contributed by atoms with Crippen LogP contribution in [-0.4, -0.2) is 48.2 Å². The smallest absolute Gasteiger partial charge is 0.268 e. The van der Waals surface area contributed by atoms with Crippen molar-refractivity contribution in [3.63, 3.8) is 0 Å². The van der Waals surface area contributed by atoms with E-state index in [0.717, 1.165) is 17.1 Å². The molecule has 6 nitrogen and oxygen atoms in total. The fourth-order valence-corrected chi connectivity index (χ4v) is 5.77. The summed E-state index contributed by atoms with van der Waals surface area (Å²) in [4.78, 5) is 15.6. The van der Waals surface area contributed by atoms with E-state index < -0.39 is 21.5 Å². The van der Waals surface area contributed by atoms with Crippen LogP contribution in [0.1, 0.15) is 29.9 Å². The van der Waals surface area contributed by atoms with Gasteiger partial charge in [-0.3, -0.25) is 4.79 Å². The van der Waals surface area contributed by atoms with E-state index in [1.807, 2.05) is 13.8 Å². The maximum atomic E-state index is 12.7. The number of benzene rings is 1. The third kappa shape index (κ3) is 4.52. The Morgan fingerprint density at radius 2 is 1.86 bits per heavy atom. The van der Waals surface area contributed by atoms with Gasteiger partial charge in [0.05, 0.1) is 15.6 Å². The van der Waals surface area contributed by atoms with Gasteiger partial charge in [-0.25, -0.2) is 8.42 Å². The molecule has 0 atom stereocenters. The average molecular weight is 462 g/mol. The number of aromatic amines is 1. The Balaban J connectivity index is 1.77. The number of H-pyrrole nitrogens is 1. The maximum absolute atomic E-state index is 12.7. The zero-order valence-corrected chi connectivity index (χ0v) is 18.6. The van der Waals surface area contributed by atoms with Gasteiger partial charge in [0, 0.05) is 30.8 Å². The summed E-state index contributed by atoms with van der Waals surface area (Å²) in [5.41, 5.74) is 0.220. The molecule has 28 heavy (non-hydrogen) atoms. The first kappa shape index (κ1) is 21.5. The molecule has 0 spiro atoms. The van der Waals surface area contributed by atoms with Gasteiger partial charge in [0.25, 0.3) is 5.91 Å². The van der Waals surface area contributed by atoms with Crippen LogP contribution in [0.2, 0.25) is 10.0 Å². The number of hydrogen-bond donors (Lipinski definition) is 2. The van der Waals surface area contributed by atoms with Crippen LogP contribution in [0, 0.1) is 0 Å². The van der Waals surface area contributed by atoms with E-state index >= 15 is 0 Å². The number of aromatic nitrogens is 1. The molecule has 0 unspecified atom stereocenters. The van der Waals surface area contributed by atoms with Crippen molar-refractivity contribution in [3.8, 4) is 0 Å². The Morgan fingerprint density at radius 1 is 1.18 bits per heavy atom. The summed E-state index contributed by atoms with van der Waals surface area (Å²) in [5, 5.41) is 3.73. The number of carbonyl (C=O) groups excluding carboxylic acids is 1. The molecule has 0 radical (unpaired) electrons. The number of nitrogens with one attached hydrogen (secondary N) is 2. The van der Waals surface area contributed by atoms with E-state index in [9.17, 15) is 13.2 Å². The lowest BCUT2D eigenvalue weighted by Crippen LogP contribution is -2.41. The number of rotatable bonds is 5. The fourth-order valence-electron chi connectivity index (χ4n) is 2.90. The van der Waals surface area contributed by atoms with E-state index in [1.54, 1.807) is 30.0 Å². The minimum atomic E-state index is -3.60. The molecule has 2 N–H and O–H groups in total. The number of nitrogens with zero attached hydrogens (tertiary/aromatic N) is 1. The second-order valence-electron chi connectivity index (χ2n) is 6.97. The van der Waals surface area contributed by atoms with Crippen molar-refractivity contribution in [1.82, 2.24) is 14.6 Å². The normalized spacial score (nSPS) is 16.1. The van der Waals surface area contributed by atoms with Gasteiger partial charge in [-0.05, 0) is 37.6 Å². The number of halogens is 2. The second-order valence-corrected chi connectivity index (χ2v) is 11.0. The number of hydrogen-bond acceptors (Lipinski definition) is 4. The molecule has 0 aliphatic carbocycles. The van der Waals surface area contributed by atoms with E-state index in [1.165, 1.54) is 16.6 Å². The van der Waals surface area contributed by atoms with Crippen molar-refractivity contribution in [2.24, 2.45) is 0 Å². The average Bonchev–Trinajstić information content (AvgIpc) is 3.15. The van der Waals surface area contributed by atoms with Gasteiger partial charge in [-0.1, -0.05) is 29.3 Å². The summed E-state index contributed by atoms with van der Waals surface area (Å²) in [7, 11) is -3.60. The van der Waals surface area contributed by atoms with Gasteiger partial charge < -0.3 is 10.3 Å². The van der Waals surface area contributed by atoms with Gasteiger partial charge >= 0.3 is 0 Å². The Kier molecular flexibility index (Phi) is 6.36. The first-order valence-corrected chi connectivity index (χ1v) is 12.0. The van der Waals surface area contributed by atoms with E-state index in [4.69, 9.17) is 23.2 Å². The predicted molar refractivity (Wildman–Crippen MR) is 114 cm³/mol. The van der Waals surface area contributed by atoms with Gasteiger partial charge in [-0.15, -0.1) is 0 Å². The summed E-state index contributed by atoms with van der Waals surface area (Å²) >= 11 is 13.8. The number of amides is 1. The van der Waals surface area contributed by atoms with Crippen LogP contribution in [0.3, 0.4) is 0 Å². The van der Waals surface area contributed by atoms with Crippen molar-refractivity contribution in [1.29, 1.82) is 0 Å². The van der Waals surface area contributed by atoms with Crippen LogP contribution in [0.4, 0.5) is 0 Å². The monoisotopic (exact) mass is 461 g/mol. The molecule has 1 saturated heterocycles. The third-order valence-electron chi connectivity index (χ3n) is 4.58. The highest BCUT2D eigenvalue weighted by atomic mass is 35.5. The van der Waals surface area contributed by atoms with Gasteiger partial charge in [0.2, 0.25) is 10.0 Å². The van der Waals surface area contributed by atoms with E-state index in [-0.39, 0.29) is 10.6 Å². The molecule has 10 heteroatoms. The molecule has 1 fully saturated rings. The summed E-state index contributed by atoms with van der Waals surface area (Å²) in [6, 6.07) is 6.53. The van der Waals surface area contributed by atoms with Crippen molar-refractivity contribution in [2.45, 2.75) is 24.3 Å². The molecule has 0 saturated carbocycles. The van der Waals surface area contributed by atoms with Gasteiger partial charge in [0.15, 0.2) is 0 Å². The number of sulfonamides is 1. The Bertz CT molecular complexity index is 984. The van der Waals surface area contributed by atoms with E-state index in [2.05, 4.69) is 10.3 Å². The minimum Gasteiger partial charge on any atom is -0.356 e. The molecule has 1 aliphatic heterocycles. The summed E-state index contributed by atoms with van der Waals surface area (Å²) in [6.45, 7) is 4.61. The summed E-state index contributed by atoms with van der Waals surface area (Å²) in [5.74, 6) is 1.13. The molecule has 152 valence electrons. The second kappa shape index (κ2) is 8.28. The van der Waals surface area contributed by atoms with Crippen LogP contribution in [0.25, 0.3) is 0 Å². The number of thioether (sulfide) groups is 1. The lowest BCUT2D eigenvalue weighted by molar-refractivity contribution is 0.0907. The molecule has 1 amide bonds. The quantitative estimate of drug-likeness (QED) is 0.710. The number of carbonyl (C=O) groups is 1. The third-order valence-corrected chi connectivity index (χ3v) is 8.13. The highest BCUT2D eigenvalue weighted by molar-refractivity contribution is 7.99. The predicted octanol–water partition coefficient (Wildman–Crippen LogP) is 3.72. The minimum absolute atomic E-state index is 0.0943. The topological polar surface area (TPSA) is 82.3 Å². The zero-order chi connectivity index (χ0) is 20.5. The van der Waals surface area contributed by atoms with Crippen molar-refractivity contribution >= 4 is 50.9 Å². The standard InChI is InChI=1S/C18H21Cl2N3O3S2/c1-18(2,12-3-4-14(19)15(20)9-12)22-17(24)16-10-13(11-21-16)28(25,26)23-5-7-27-8-6-23/h3-4,9-11,21H,5-8H2,1-2H3,(H,22,24). The van der Waals surface area contributed by atoms with Crippen molar-refractivity contribution in [3.05, 3.63) is 51.8 Å². The van der Waals surface area contributed by atoms with E-state index in [0.29, 0.717) is 23.1 Å². The SMILES string of the molecule is CC(C)(NC(=O)c1cc(S(=O)(=O)N2CCSCC2)c[nH]1)c1ccc(Cl)c(Cl)c1. The van der Waals surface area contributed by atoms with Crippen molar-refractivity contribution in [2.75, 3.05) is 24.6 Å². The zero-order valence-electron chi connectivity index (χ0n) is 15.5. The maximum Gasteiger partial charge on any atom is 0.268 e.